The Morgan fingerprint density at radius 1 is 1.09 bits per heavy atom. The van der Waals surface area contributed by atoms with Gasteiger partial charge < -0.3 is 0 Å². The van der Waals surface area contributed by atoms with Crippen LogP contribution in [0.4, 0.5) is 0 Å². The fourth-order valence-corrected chi connectivity index (χ4v) is 1.72. The summed E-state index contributed by atoms with van der Waals surface area (Å²) in [6.07, 6.45) is 2.93. The summed E-state index contributed by atoms with van der Waals surface area (Å²) in [7, 11) is 0. The van der Waals surface area contributed by atoms with Crippen molar-refractivity contribution in [1.82, 2.24) is 0 Å². The van der Waals surface area contributed by atoms with E-state index in [0.717, 1.165) is 19.3 Å². The van der Waals surface area contributed by atoms with Crippen LogP contribution in [0.5, 0.6) is 0 Å². The SMILES string of the molecule is CCCC[O][Ti](=[O])[O]CCC. The third-order valence-corrected chi connectivity index (χ3v) is 2.52. The molecule has 0 saturated heterocycles. The van der Waals surface area contributed by atoms with Crippen LogP contribution in [0.3, 0.4) is 0 Å². The van der Waals surface area contributed by atoms with E-state index >= 15 is 0 Å². The summed E-state index contributed by atoms with van der Waals surface area (Å²) in [6.45, 7) is 5.20. The topological polar surface area (TPSA) is 35.5 Å². The first kappa shape index (κ1) is 11.4. The third-order valence-electron chi connectivity index (χ3n) is 1.14. The molecule has 0 amide bonds. The Kier molecular flexibility index (Phi) is 8.87. The van der Waals surface area contributed by atoms with E-state index in [4.69, 9.17) is 6.64 Å². The standard InChI is InChI=1S/C4H9O.C3H7O.O.Ti/c1-2-3-4-5;1-2-3-4;;/h2-4H2,1H3;2-3H2,1H3;;/q2*-1;;+2. The minimum atomic E-state index is -2.75. The van der Waals surface area contributed by atoms with Crippen molar-refractivity contribution >= 4 is 0 Å². The number of rotatable bonds is 7. The second-order valence-electron chi connectivity index (χ2n) is 2.30. The zero-order valence-electron chi connectivity index (χ0n) is 7.26. The molecule has 0 radical (unpaired) electrons. The number of hydrogen-bond acceptors (Lipinski definition) is 3. The van der Waals surface area contributed by atoms with Crippen molar-refractivity contribution in [3.63, 3.8) is 0 Å². The van der Waals surface area contributed by atoms with Crippen LogP contribution in [-0.2, 0) is 28.6 Å². The summed E-state index contributed by atoms with van der Waals surface area (Å²) in [5.41, 5.74) is 0. The Labute approximate surface area is 75.2 Å². The van der Waals surface area contributed by atoms with E-state index in [1.54, 1.807) is 0 Å². The fraction of sp³-hybridized carbons (Fsp3) is 1.00. The van der Waals surface area contributed by atoms with Crippen LogP contribution in [-0.4, -0.2) is 13.2 Å². The predicted molar refractivity (Wildman–Crippen MR) is 37.8 cm³/mol. The van der Waals surface area contributed by atoms with Crippen LogP contribution in [0, 0.1) is 0 Å². The monoisotopic (exact) mass is 196 g/mol. The molecule has 11 heavy (non-hydrogen) atoms. The van der Waals surface area contributed by atoms with Gasteiger partial charge >= 0.3 is 74.9 Å². The molecule has 0 aliphatic rings. The molecule has 0 aliphatic carbocycles. The zero-order valence-corrected chi connectivity index (χ0v) is 8.82. The molecule has 0 heterocycles. The average Bonchev–Trinajstić information content (AvgIpc) is 2.01. The predicted octanol–water partition coefficient (Wildman–Crippen LogP) is 2.02. The summed E-state index contributed by atoms with van der Waals surface area (Å²) in [5, 5.41) is 0. The van der Waals surface area contributed by atoms with Crippen molar-refractivity contribution in [2.75, 3.05) is 13.2 Å². The summed E-state index contributed by atoms with van der Waals surface area (Å²) in [5.74, 6) is 0. The molecular formula is C7H16O3Ti. The van der Waals surface area contributed by atoms with Gasteiger partial charge in [0, 0.05) is 0 Å². The van der Waals surface area contributed by atoms with E-state index in [0.29, 0.717) is 13.2 Å². The Hall–Kier alpha value is 0.434. The van der Waals surface area contributed by atoms with E-state index in [2.05, 4.69) is 6.92 Å². The molecule has 0 aromatic rings. The summed E-state index contributed by atoms with van der Waals surface area (Å²) >= 11 is -2.75. The second-order valence-corrected chi connectivity index (χ2v) is 3.98. The van der Waals surface area contributed by atoms with Crippen LogP contribution >= 0.6 is 0 Å². The van der Waals surface area contributed by atoms with Crippen molar-refractivity contribution < 1.29 is 28.6 Å². The summed E-state index contributed by atoms with van der Waals surface area (Å²) in [6, 6.07) is 0. The van der Waals surface area contributed by atoms with Gasteiger partial charge in [-0.3, -0.25) is 0 Å². The second kappa shape index (κ2) is 8.53. The first-order valence-electron chi connectivity index (χ1n) is 4.10. The van der Waals surface area contributed by atoms with Gasteiger partial charge in [-0.15, -0.1) is 0 Å². The van der Waals surface area contributed by atoms with Gasteiger partial charge in [-0.2, -0.15) is 0 Å². The Morgan fingerprint density at radius 3 is 2.27 bits per heavy atom. The molecule has 0 spiro atoms. The molecule has 0 aromatic heterocycles. The van der Waals surface area contributed by atoms with E-state index in [1.165, 1.54) is 0 Å². The van der Waals surface area contributed by atoms with Crippen molar-refractivity contribution in [3.8, 4) is 0 Å². The first-order chi connectivity index (χ1) is 5.31. The van der Waals surface area contributed by atoms with Gasteiger partial charge in [-0.25, -0.2) is 0 Å². The molecule has 3 nitrogen and oxygen atoms in total. The quantitative estimate of drug-likeness (QED) is 0.461. The van der Waals surface area contributed by atoms with Crippen molar-refractivity contribution in [2.24, 2.45) is 0 Å². The molecule has 0 saturated carbocycles. The maximum atomic E-state index is 10.9. The molecule has 66 valence electrons. The van der Waals surface area contributed by atoms with Gasteiger partial charge in [0.05, 0.1) is 0 Å². The summed E-state index contributed by atoms with van der Waals surface area (Å²) < 4.78 is 20.8. The normalized spacial score (nSPS) is 10.0. The van der Waals surface area contributed by atoms with Crippen molar-refractivity contribution in [2.45, 2.75) is 33.1 Å². The molecule has 0 N–H and O–H groups in total. The van der Waals surface area contributed by atoms with Gasteiger partial charge in [-0.1, -0.05) is 0 Å². The maximum absolute atomic E-state index is 10.9. The van der Waals surface area contributed by atoms with Gasteiger partial charge in [-0.05, 0) is 0 Å². The van der Waals surface area contributed by atoms with E-state index in [-0.39, 0.29) is 0 Å². The average molecular weight is 196 g/mol. The first-order valence-corrected chi connectivity index (χ1v) is 6.02. The fourth-order valence-electron chi connectivity index (χ4n) is 0.527. The van der Waals surface area contributed by atoms with Crippen molar-refractivity contribution in [3.05, 3.63) is 0 Å². The van der Waals surface area contributed by atoms with Crippen molar-refractivity contribution in [1.29, 1.82) is 0 Å². The minimum absolute atomic E-state index is 0.560. The Morgan fingerprint density at radius 2 is 1.73 bits per heavy atom. The van der Waals surface area contributed by atoms with Gasteiger partial charge in [0.25, 0.3) is 0 Å². The van der Waals surface area contributed by atoms with E-state index in [1.807, 2.05) is 6.92 Å². The zero-order chi connectivity index (χ0) is 8.53. The number of hydrogen-bond donors (Lipinski definition) is 0. The van der Waals surface area contributed by atoms with E-state index < -0.39 is 18.6 Å². The third kappa shape index (κ3) is 8.34. The van der Waals surface area contributed by atoms with Gasteiger partial charge in [0.15, 0.2) is 0 Å². The summed E-state index contributed by atoms with van der Waals surface area (Å²) in [4.78, 5) is 0. The molecule has 4 heteroatoms. The van der Waals surface area contributed by atoms with Crippen LogP contribution in [0.2, 0.25) is 0 Å². The number of unbranched alkanes of at least 4 members (excludes halogenated alkanes) is 1. The molecule has 0 unspecified atom stereocenters. The molecular weight excluding hydrogens is 180 g/mol. The molecule has 0 rings (SSSR count). The molecule has 0 bridgehead atoms. The van der Waals surface area contributed by atoms with Crippen LogP contribution < -0.4 is 0 Å². The molecule has 0 aliphatic heterocycles. The molecule has 0 atom stereocenters. The Bertz CT molecular complexity index is 106. The van der Waals surface area contributed by atoms with Gasteiger partial charge in [0.1, 0.15) is 0 Å². The molecule has 0 fully saturated rings. The van der Waals surface area contributed by atoms with Crippen LogP contribution in [0.15, 0.2) is 0 Å². The molecule has 0 aromatic carbocycles. The van der Waals surface area contributed by atoms with E-state index in [9.17, 15) is 3.32 Å². The van der Waals surface area contributed by atoms with Crippen LogP contribution in [0.1, 0.15) is 33.1 Å². The Balaban J connectivity index is 3.09. The van der Waals surface area contributed by atoms with Gasteiger partial charge in [0.2, 0.25) is 0 Å². The van der Waals surface area contributed by atoms with Crippen LogP contribution in [0.25, 0.3) is 0 Å².